The second-order valence-electron chi connectivity index (χ2n) is 11.1. The number of carbonyl (C=O) groups excluding carboxylic acids is 2. The molecule has 0 fully saturated rings. The van der Waals surface area contributed by atoms with Gasteiger partial charge in [0.1, 0.15) is 23.7 Å². The van der Waals surface area contributed by atoms with Crippen LogP contribution in [0, 0.1) is 44.4 Å². The molecule has 15 heteroatoms. The molecule has 0 bridgehead atoms. The Morgan fingerprint density at radius 1 is 0.980 bits per heavy atom. The lowest BCUT2D eigenvalue weighted by Gasteiger charge is -2.31. The van der Waals surface area contributed by atoms with Crippen LogP contribution in [0.5, 0.6) is 0 Å². The average Bonchev–Trinajstić information content (AvgIpc) is 3.02. The molecule has 2 amide bonds. The molecule has 0 saturated carbocycles. The third-order valence-electron chi connectivity index (χ3n) is 7.58. The van der Waals surface area contributed by atoms with Gasteiger partial charge in [-0.25, -0.2) is 14.2 Å². The number of amides is 2. The van der Waals surface area contributed by atoms with Gasteiger partial charge in [-0.15, -0.1) is 12.8 Å². The number of nitrogens with zero attached hydrogens (tertiary/aromatic N) is 3. The van der Waals surface area contributed by atoms with Crippen LogP contribution in [-0.2, 0) is 25.7 Å². The van der Waals surface area contributed by atoms with Gasteiger partial charge in [0.25, 0.3) is 11.5 Å². The van der Waals surface area contributed by atoms with E-state index in [9.17, 15) is 39.0 Å². The number of aromatic amines is 1. The largest absolute Gasteiger partial charge is 0.481 e. The second-order valence-corrected chi connectivity index (χ2v) is 11.1. The van der Waals surface area contributed by atoms with E-state index in [0.29, 0.717) is 27.2 Å². The minimum Gasteiger partial charge on any atom is -0.481 e. The molecule has 0 unspecified atom stereocenters. The van der Waals surface area contributed by atoms with E-state index in [0.717, 1.165) is 17.7 Å². The van der Waals surface area contributed by atoms with Crippen molar-refractivity contribution in [2.75, 3.05) is 18.0 Å². The summed E-state index contributed by atoms with van der Waals surface area (Å²) in [5.41, 5.74) is 1.46. The maximum Gasteiger partial charge on any atom is 0.326 e. The first-order chi connectivity index (χ1) is 23.2. The third kappa shape index (κ3) is 9.65. The van der Waals surface area contributed by atoms with Crippen LogP contribution < -0.4 is 15.8 Å². The molecule has 2 atom stereocenters. The van der Waals surface area contributed by atoms with Crippen molar-refractivity contribution in [2.24, 2.45) is 0 Å². The van der Waals surface area contributed by atoms with Gasteiger partial charge in [0.15, 0.2) is 0 Å². The lowest BCUT2D eigenvalue weighted by atomic mass is 10.0. The number of aliphatic carboxylic acids is 3. The fourth-order valence-electron chi connectivity index (χ4n) is 5.14. The highest BCUT2D eigenvalue weighted by Crippen LogP contribution is 2.24. The highest BCUT2D eigenvalue weighted by molar-refractivity contribution is 5.99. The van der Waals surface area contributed by atoms with Crippen molar-refractivity contribution in [1.82, 2.24) is 20.2 Å². The molecule has 0 aliphatic heterocycles. The molecule has 49 heavy (non-hydrogen) atoms. The van der Waals surface area contributed by atoms with Crippen LogP contribution >= 0.6 is 0 Å². The highest BCUT2D eigenvalue weighted by Gasteiger charge is 2.35. The molecule has 256 valence electrons. The van der Waals surface area contributed by atoms with E-state index in [4.69, 9.17) is 18.0 Å². The molecule has 3 rings (SSSR count). The standard InChI is InChI=1S/C34H34FN5O9/c1-5-13-39(18-21-16-24-27(15-19(21)3)36-20(4)37-32(24)46)22-7-8-23(25(35)17-22)31(45)38-26(9-11-29(41)42)33(47)40(14-6-2)28(34(48)49)10-12-30(43)44/h1-2,7-8,15-17,26,28H,9-14,18H2,3-4H3,(H,38,45)(H,41,42)(H,43,44)(H,48,49)(H,36,37,46)/t26-,28-/m0/s1. The summed E-state index contributed by atoms with van der Waals surface area (Å²) < 4.78 is 15.5. The topological polar surface area (TPSA) is 210 Å². The third-order valence-corrected chi connectivity index (χ3v) is 7.58. The quantitative estimate of drug-likeness (QED) is 0.139. The van der Waals surface area contributed by atoms with Gasteiger partial charge in [-0.2, -0.15) is 0 Å². The van der Waals surface area contributed by atoms with E-state index in [-0.39, 0.29) is 24.3 Å². The Morgan fingerprint density at radius 2 is 1.63 bits per heavy atom. The SMILES string of the molecule is C#CCN(Cc1cc2c(=O)[nH]c(C)nc2cc1C)c1ccc(C(=O)N[C@@H](CCC(=O)O)C(=O)N(CC#C)[C@@H](CCC(=O)O)C(=O)O)c(F)c1. The van der Waals surface area contributed by atoms with Gasteiger partial charge in [0.2, 0.25) is 5.91 Å². The molecule has 1 heterocycles. The van der Waals surface area contributed by atoms with E-state index in [1.54, 1.807) is 24.0 Å². The van der Waals surface area contributed by atoms with Gasteiger partial charge in [0, 0.05) is 25.1 Å². The van der Waals surface area contributed by atoms with Crippen molar-refractivity contribution in [1.29, 1.82) is 0 Å². The van der Waals surface area contributed by atoms with Crippen LogP contribution in [0.25, 0.3) is 10.9 Å². The monoisotopic (exact) mass is 675 g/mol. The number of hydrogen-bond donors (Lipinski definition) is 5. The number of carbonyl (C=O) groups is 5. The summed E-state index contributed by atoms with van der Waals surface area (Å²) in [4.78, 5) is 82.9. The maximum absolute atomic E-state index is 15.5. The number of terminal acetylenes is 2. The number of halogens is 1. The van der Waals surface area contributed by atoms with Crippen LogP contribution in [0.3, 0.4) is 0 Å². The lowest BCUT2D eigenvalue weighted by molar-refractivity contribution is -0.152. The van der Waals surface area contributed by atoms with Crippen LogP contribution in [0.2, 0.25) is 0 Å². The summed E-state index contributed by atoms with van der Waals surface area (Å²) in [7, 11) is 0. The first kappa shape index (κ1) is 37.2. The van der Waals surface area contributed by atoms with Crippen LogP contribution in [0.4, 0.5) is 10.1 Å². The van der Waals surface area contributed by atoms with E-state index < -0.39 is 85.4 Å². The van der Waals surface area contributed by atoms with E-state index in [1.165, 1.54) is 6.07 Å². The molecule has 14 nitrogen and oxygen atoms in total. The number of aromatic nitrogens is 2. The van der Waals surface area contributed by atoms with Crippen LogP contribution in [0.1, 0.15) is 53.0 Å². The first-order valence-corrected chi connectivity index (χ1v) is 14.9. The number of nitrogens with one attached hydrogen (secondary N) is 2. The van der Waals surface area contributed by atoms with Gasteiger partial charge < -0.3 is 35.4 Å². The Kier molecular flexibility index (Phi) is 12.6. The molecular weight excluding hydrogens is 641 g/mol. The minimum atomic E-state index is -1.70. The number of benzene rings is 2. The number of hydrogen-bond acceptors (Lipinski definition) is 8. The Balaban J connectivity index is 1.91. The predicted molar refractivity (Wildman–Crippen MR) is 175 cm³/mol. The molecule has 0 spiro atoms. The Hall–Kier alpha value is -6.22. The number of rotatable bonds is 16. The van der Waals surface area contributed by atoms with Crippen molar-refractivity contribution in [3.05, 3.63) is 69.0 Å². The number of carboxylic acid groups (broad SMARTS) is 3. The Labute approximate surface area is 279 Å². The molecular formula is C34H34FN5O9. The first-order valence-electron chi connectivity index (χ1n) is 14.9. The number of H-pyrrole nitrogens is 1. The highest BCUT2D eigenvalue weighted by atomic mass is 19.1. The molecule has 0 radical (unpaired) electrons. The summed E-state index contributed by atoms with van der Waals surface area (Å²) in [6.45, 7) is 3.08. The average molecular weight is 676 g/mol. The van der Waals surface area contributed by atoms with Crippen molar-refractivity contribution in [3.63, 3.8) is 0 Å². The van der Waals surface area contributed by atoms with Gasteiger partial charge >= 0.3 is 17.9 Å². The van der Waals surface area contributed by atoms with Crippen molar-refractivity contribution in [3.8, 4) is 24.7 Å². The summed E-state index contributed by atoms with van der Waals surface area (Å²) in [6, 6.07) is 3.67. The fraction of sp³-hybridized carbons (Fsp3) is 0.324. The zero-order valence-corrected chi connectivity index (χ0v) is 26.7. The fourth-order valence-corrected chi connectivity index (χ4v) is 5.14. The summed E-state index contributed by atoms with van der Waals surface area (Å²) in [5.74, 6) is -2.37. The Morgan fingerprint density at radius 3 is 2.22 bits per heavy atom. The summed E-state index contributed by atoms with van der Waals surface area (Å²) in [6.07, 6.45) is 8.63. The maximum atomic E-state index is 15.5. The molecule has 0 aliphatic carbocycles. The smallest absolute Gasteiger partial charge is 0.326 e. The van der Waals surface area contributed by atoms with Crippen LogP contribution in [-0.4, -0.2) is 85.1 Å². The van der Waals surface area contributed by atoms with Gasteiger partial charge in [-0.3, -0.25) is 24.0 Å². The molecule has 1 aromatic heterocycles. The van der Waals surface area contributed by atoms with E-state index in [2.05, 4.69) is 27.1 Å². The van der Waals surface area contributed by atoms with E-state index in [1.807, 2.05) is 6.92 Å². The zero-order chi connectivity index (χ0) is 36.4. The number of carboxylic acids is 3. The number of fused-ring (bicyclic) bond motifs is 1. The van der Waals surface area contributed by atoms with Crippen molar-refractivity contribution in [2.45, 2.75) is 58.2 Å². The van der Waals surface area contributed by atoms with Gasteiger partial charge in [0.05, 0.1) is 29.6 Å². The molecule has 5 N–H and O–H groups in total. The molecule has 0 saturated heterocycles. The zero-order valence-electron chi connectivity index (χ0n) is 26.7. The van der Waals surface area contributed by atoms with Gasteiger partial charge in [-0.1, -0.05) is 11.8 Å². The predicted octanol–water partition coefficient (Wildman–Crippen LogP) is 2.06. The van der Waals surface area contributed by atoms with Crippen molar-refractivity contribution < 1.29 is 43.7 Å². The molecule has 3 aromatic rings. The summed E-state index contributed by atoms with van der Waals surface area (Å²) >= 11 is 0. The lowest BCUT2D eigenvalue weighted by Crippen LogP contribution is -2.54. The Bertz CT molecular complexity index is 1930. The molecule has 0 aliphatic rings. The van der Waals surface area contributed by atoms with Crippen molar-refractivity contribution >= 4 is 46.3 Å². The molecule has 2 aromatic carbocycles. The summed E-state index contributed by atoms with van der Waals surface area (Å²) in [5, 5.41) is 30.6. The number of anilines is 1. The second kappa shape index (κ2) is 16.6. The van der Waals surface area contributed by atoms with E-state index >= 15 is 4.39 Å². The minimum absolute atomic E-state index is 0.0222. The van der Waals surface area contributed by atoms with Gasteiger partial charge in [-0.05, 0) is 68.1 Å². The van der Waals surface area contributed by atoms with Crippen LogP contribution in [0.15, 0.2) is 35.1 Å². The normalized spacial score (nSPS) is 11.9. The number of aryl methyl sites for hydroxylation is 2.